The molecule has 41 heavy (non-hydrogen) atoms. The molecular weight excluding hydrogens is 631 g/mol. The van der Waals surface area contributed by atoms with Crippen LogP contribution in [0.15, 0.2) is 23.3 Å². The Balaban J connectivity index is -0.000000551. The van der Waals surface area contributed by atoms with Crippen LogP contribution in [0.5, 0.6) is 0 Å². The molecule has 0 aliphatic heterocycles. The van der Waals surface area contributed by atoms with E-state index in [1.807, 2.05) is 0 Å². The Morgan fingerprint density at radius 3 is 1.07 bits per heavy atom. The van der Waals surface area contributed by atoms with E-state index in [-0.39, 0.29) is 45.1 Å². The molecule has 0 saturated carbocycles. The van der Waals surface area contributed by atoms with Crippen molar-refractivity contribution in [3.8, 4) is 0 Å². The number of carboxylic acids is 4. The van der Waals surface area contributed by atoms with Gasteiger partial charge in [0.2, 0.25) is 0 Å². The Kier molecular flexibility index (Phi) is 33.1. The summed E-state index contributed by atoms with van der Waals surface area (Å²) in [5, 5.41) is 41.5. The number of hydrogen-bond donors (Lipinski definition) is 0. The molecule has 0 rings (SSSR count). The summed E-state index contributed by atoms with van der Waals surface area (Å²) in [5.74, 6) is -3.86. The van der Waals surface area contributed by atoms with Gasteiger partial charge in [-0.2, -0.15) is 0 Å². The molecule has 0 aromatic rings. The molecule has 0 aliphatic carbocycles. The molecule has 0 aromatic heterocycles. The SMILES string of the molecule is CC(C)[CH2][Sn+4][CH2]C(C)C.CCCCCCCC/C(=C/C(=O)[O-])C(=O)[O-].CCCCCCCC/C(=C/C(=O)[O-])C(=O)[O-]. The number of carbonyl (C=O) groups excluding carboxylic acids is 4. The van der Waals surface area contributed by atoms with E-state index in [1.165, 1.54) is 12.8 Å². The van der Waals surface area contributed by atoms with E-state index in [9.17, 15) is 39.6 Å². The molecule has 6 radical (unpaired) electrons. The normalized spacial score (nSPS) is 11.4. The van der Waals surface area contributed by atoms with E-state index in [1.54, 1.807) is 8.87 Å². The molecule has 0 bridgehead atoms. The predicted octanol–water partition coefficient (Wildman–Crippen LogP) is 3.17. The van der Waals surface area contributed by atoms with E-state index in [4.69, 9.17) is 0 Å². The number of carbonyl (C=O) groups is 4. The van der Waals surface area contributed by atoms with Crippen molar-refractivity contribution in [1.29, 1.82) is 0 Å². The van der Waals surface area contributed by atoms with Gasteiger partial charge in [0, 0.05) is 0 Å². The van der Waals surface area contributed by atoms with Crippen molar-refractivity contribution in [2.75, 3.05) is 0 Å². The monoisotopic (exact) mass is 686 g/mol. The van der Waals surface area contributed by atoms with Crippen molar-refractivity contribution >= 4 is 45.0 Å². The molecule has 0 unspecified atom stereocenters. The molecule has 234 valence electrons. The zero-order valence-corrected chi connectivity index (χ0v) is 29.2. The second-order valence-electron chi connectivity index (χ2n) is 11.0. The maximum atomic E-state index is 10.5. The molecular formula is C32H54O8Sn. The number of unbranched alkanes of at least 4 members (excludes halogenated alkanes) is 10. The molecule has 9 heteroatoms. The fourth-order valence-corrected chi connectivity index (χ4v) is 7.37. The van der Waals surface area contributed by atoms with Gasteiger partial charge in [-0.05, 0) is 49.0 Å². The summed E-state index contributed by atoms with van der Waals surface area (Å²) in [6.07, 6.45) is 14.0. The first-order valence-corrected chi connectivity index (χ1v) is 19.3. The number of carboxylic acid groups (broad SMARTS) is 4. The zero-order chi connectivity index (χ0) is 32.1. The number of rotatable bonds is 22. The van der Waals surface area contributed by atoms with Gasteiger partial charge in [-0.25, -0.2) is 0 Å². The first-order valence-electron chi connectivity index (χ1n) is 15.2. The first kappa shape index (κ1) is 43.6. The maximum absolute atomic E-state index is 10.5. The molecule has 0 saturated heterocycles. The van der Waals surface area contributed by atoms with Gasteiger partial charge in [0.25, 0.3) is 0 Å². The van der Waals surface area contributed by atoms with Gasteiger partial charge in [0.15, 0.2) is 0 Å². The van der Waals surface area contributed by atoms with E-state index >= 15 is 0 Å². The van der Waals surface area contributed by atoms with Crippen LogP contribution in [0.3, 0.4) is 0 Å². The molecule has 0 fully saturated rings. The van der Waals surface area contributed by atoms with E-state index in [2.05, 4.69) is 41.5 Å². The smallest absolute Gasteiger partial charge is 0.0675 e. The summed E-state index contributed by atoms with van der Waals surface area (Å²) in [4.78, 5) is 41.5. The van der Waals surface area contributed by atoms with Crippen LogP contribution in [0, 0.1) is 11.8 Å². The minimum absolute atomic E-state index is 0.0709. The second kappa shape index (κ2) is 31.1. The quantitative estimate of drug-likeness (QED) is 0.0955. The number of aliphatic carboxylic acids is 4. The van der Waals surface area contributed by atoms with Crippen molar-refractivity contribution in [2.45, 2.75) is 140 Å². The van der Waals surface area contributed by atoms with Crippen molar-refractivity contribution in [1.82, 2.24) is 0 Å². The van der Waals surface area contributed by atoms with E-state index in [0.29, 0.717) is 25.0 Å². The van der Waals surface area contributed by atoms with Gasteiger partial charge in [-0.3, -0.25) is 0 Å². The second-order valence-corrected chi connectivity index (χ2v) is 14.8. The Morgan fingerprint density at radius 2 is 0.829 bits per heavy atom. The number of hydrogen-bond acceptors (Lipinski definition) is 8. The Bertz CT molecular complexity index is 695. The maximum Gasteiger partial charge on any atom is 0.0675 e. The van der Waals surface area contributed by atoms with Crippen LogP contribution < -0.4 is 20.4 Å². The third-order valence-corrected chi connectivity index (χ3v) is 12.1. The van der Waals surface area contributed by atoms with Crippen LogP contribution in [0.2, 0.25) is 8.87 Å². The van der Waals surface area contributed by atoms with Crippen molar-refractivity contribution in [2.24, 2.45) is 11.8 Å². The van der Waals surface area contributed by atoms with E-state index in [0.717, 1.165) is 63.2 Å². The van der Waals surface area contributed by atoms with Crippen LogP contribution >= 0.6 is 0 Å². The zero-order valence-electron chi connectivity index (χ0n) is 26.4. The summed E-state index contributed by atoms with van der Waals surface area (Å²) in [6.45, 7) is 13.6. The van der Waals surface area contributed by atoms with Crippen molar-refractivity contribution in [3.05, 3.63) is 23.3 Å². The summed E-state index contributed by atoms with van der Waals surface area (Å²) in [5.41, 5.74) is -0.369. The standard InChI is InChI=1S/2C12H20O4.2C4H9.Sn/c2*1-2-3-4-5-6-7-8-10(12(15)16)9-11(13)14;2*1-4(2)3;/h2*9H,2-8H2,1H3,(H,13,14)(H,15,16);2*4H,1H2,2-3H3;/q;;;;+4/p-4/b2*10-9-;;;. The predicted molar refractivity (Wildman–Crippen MR) is 157 cm³/mol. The summed E-state index contributed by atoms with van der Waals surface area (Å²) in [6, 6.07) is 0. The summed E-state index contributed by atoms with van der Waals surface area (Å²) < 4.78 is 3.14. The van der Waals surface area contributed by atoms with Gasteiger partial charge in [0.05, 0.1) is 23.9 Å². The Hall–Kier alpha value is -1.84. The molecule has 0 spiro atoms. The average Bonchev–Trinajstić information content (AvgIpc) is 2.86. The molecule has 0 atom stereocenters. The fourth-order valence-electron chi connectivity index (χ4n) is 3.60. The van der Waals surface area contributed by atoms with Crippen LogP contribution in [0.25, 0.3) is 0 Å². The first-order chi connectivity index (χ1) is 19.3. The van der Waals surface area contributed by atoms with Crippen LogP contribution in [-0.2, 0) is 19.2 Å². The third-order valence-electron chi connectivity index (χ3n) is 5.81. The van der Waals surface area contributed by atoms with Crippen LogP contribution in [0.1, 0.15) is 131 Å². The van der Waals surface area contributed by atoms with Gasteiger partial charge in [-0.15, -0.1) is 0 Å². The van der Waals surface area contributed by atoms with Crippen molar-refractivity contribution in [3.63, 3.8) is 0 Å². The van der Waals surface area contributed by atoms with Gasteiger partial charge < -0.3 is 39.6 Å². The van der Waals surface area contributed by atoms with E-state index < -0.39 is 23.9 Å². The largest absolute Gasteiger partial charge is 0.545 e. The summed E-state index contributed by atoms with van der Waals surface area (Å²) in [7, 11) is 0. The average molecular weight is 685 g/mol. The molecule has 0 aromatic carbocycles. The molecule has 8 nitrogen and oxygen atoms in total. The van der Waals surface area contributed by atoms with Gasteiger partial charge >= 0.3 is 69.5 Å². The Morgan fingerprint density at radius 1 is 0.537 bits per heavy atom. The molecule has 0 amide bonds. The molecule has 0 N–H and O–H groups in total. The Labute approximate surface area is 259 Å². The van der Waals surface area contributed by atoms with Crippen molar-refractivity contribution < 1.29 is 39.6 Å². The van der Waals surface area contributed by atoms with Gasteiger partial charge in [-0.1, -0.05) is 78.1 Å². The fraction of sp³-hybridized carbons (Fsp3) is 0.750. The topological polar surface area (TPSA) is 161 Å². The summed E-state index contributed by atoms with van der Waals surface area (Å²) >= 11 is 0.0709. The van der Waals surface area contributed by atoms with Gasteiger partial charge in [0.1, 0.15) is 0 Å². The van der Waals surface area contributed by atoms with Crippen LogP contribution in [0.4, 0.5) is 0 Å². The minimum atomic E-state index is -1.48. The van der Waals surface area contributed by atoms with Crippen LogP contribution in [-0.4, -0.2) is 45.0 Å². The molecule has 0 aliphatic rings. The minimum Gasteiger partial charge on any atom is -0.545 e. The third kappa shape index (κ3) is 38.2. The molecule has 0 heterocycles.